The molecule has 0 spiro atoms. The summed E-state index contributed by atoms with van der Waals surface area (Å²) < 4.78 is 1.96. The Labute approximate surface area is 174 Å². The minimum Gasteiger partial charge on any atom is -0.327 e. The van der Waals surface area contributed by atoms with Crippen molar-refractivity contribution in [2.75, 3.05) is 5.32 Å². The third kappa shape index (κ3) is 3.12. The van der Waals surface area contributed by atoms with Gasteiger partial charge in [0.25, 0.3) is 0 Å². The molecule has 1 aliphatic rings. The lowest BCUT2D eigenvalue weighted by Gasteiger charge is -2.17. The third-order valence-electron chi connectivity index (χ3n) is 5.44. The van der Waals surface area contributed by atoms with Gasteiger partial charge in [0.1, 0.15) is 6.33 Å². The first-order valence-electron chi connectivity index (χ1n) is 9.98. The Bertz CT molecular complexity index is 1180. The first-order chi connectivity index (χ1) is 14.7. The number of aryl methyl sites for hydroxylation is 1. The van der Waals surface area contributed by atoms with Crippen molar-refractivity contribution in [1.29, 1.82) is 0 Å². The Morgan fingerprint density at radius 2 is 1.67 bits per heavy atom. The number of hydrogen-bond acceptors (Lipinski definition) is 3. The second-order valence-corrected chi connectivity index (χ2v) is 7.23. The number of benzene rings is 3. The molecule has 0 saturated carbocycles. The summed E-state index contributed by atoms with van der Waals surface area (Å²) in [4.78, 5) is 12.9. The van der Waals surface area contributed by atoms with E-state index in [0.717, 1.165) is 29.1 Å². The van der Waals surface area contributed by atoms with Crippen molar-refractivity contribution in [2.45, 2.75) is 19.5 Å². The molecule has 5 rings (SSSR count). The predicted molar refractivity (Wildman–Crippen MR) is 117 cm³/mol. The number of carbonyl (C=O) groups excluding carboxylic acids is 1. The molecule has 2 N–H and O–H groups in total. The number of nitrogens with zero attached hydrogens (tertiary/aromatic N) is 3. The van der Waals surface area contributed by atoms with Crippen LogP contribution in [0.1, 0.15) is 24.1 Å². The zero-order valence-electron chi connectivity index (χ0n) is 16.5. The fourth-order valence-corrected chi connectivity index (χ4v) is 4.06. The first kappa shape index (κ1) is 18.1. The smallest absolute Gasteiger partial charge is 0.319 e. The van der Waals surface area contributed by atoms with E-state index < -0.39 is 0 Å². The van der Waals surface area contributed by atoms with E-state index in [-0.39, 0.29) is 12.1 Å². The normalized spacial score (nSPS) is 12.3. The zero-order chi connectivity index (χ0) is 20.5. The summed E-state index contributed by atoms with van der Waals surface area (Å²) in [6.07, 6.45) is 1.71. The Morgan fingerprint density at radius 1 is 0.967 bits per heavy atom. The molecule has 0 radical (unpaired) electrons. The summed E-state index contributed by atoms with van der Waals surface area (Å²) in [6, 6.07) is 23.6. The fourth-order valence-electron chi connectivity index (χ4n) is 4.06. The number of fused-ring (bicyclic) bond motifs is 3. The molecule has 0 saturated heterocycles. The number of rotatable bonds is 4. The quantitative estimate of drug-likeness (QED) is 0.518. The maximum atomic E-state index is 12.9. The molecule has 6 nitrogen and oxygen atoms in total. The summed E-state index contributed by atoms with van der Waals surface area (Å²) >= 11 is 0. The summed E-state index contributed by atoms with van der Waals surface area (Å²) in [6.45, 7) is 2.82. The number of hydrogen-bond donors (Lipinski definition) is 2. The SMILES string of the molecule is CCn1cnnc1-c1cccc(NC(=O)NC2c3ccccc3-c3ccccc32)c1. The van der Waals surface area contributed by atoms with Gasteiger partial charge < -0.3 is 15.2 Å². The second kappa shape index (κ2) is 7.48. The summed E-state index contributed by atoms with van der Waals surface area (Å²) in [5.74, 6) is 0.778. The van der Waals surface area contributed by atoms with Gasteiger partial charge >= 0.3 is 6.03 Å². The van der Waals surface area contributed by atoms with Crippen LogP contribution in [0.25, 0.3) is 22.5 Å². The van der Waals surface area contributed by atoms with E-state index in [1.165, 1.54) is 11.1 Å². The number of carbonyl (C=O) groups is 1. The molecular formula is C24H21N5O. The van der Waals surface area contributed by atoms with E-state index in [2.05, 4.69) is 45.1 Å². The lowest BCUT2D eigenvalue weighted by Crippen LogP contribution is -2.32. The molecule has 0 fully saturated rings. The molecule has 1 aliphatic carbocycles. The van der Waals surface area contributed by atoms with Crippen molar-refractivity contribution in [3.63, 3.8) is 0 Å². The van der Waals surface area contributed by atoms with Crippen LogP contribution < -0.4 is 10.6 Å². The molecule has 1 heterocycles. The highest BCUT2D eigenvalue weighted by atomic mass is 16.2. The standard InChI is InChI=1S/C24H21N5O/c1-2-29-15-25-28-23(29)16-8-7-9-17(14-16)26-24(30)27-22-20-12-5-3-10-18(20)19-11-4-6-13-21(19)22/h3-15,22H,2H2,1H3,(H2,26,27,30). The molecule has 0 bridgehead atoms. The monoisotopic (exact) mass is 395 g/mol. The Kier molecular flexibility index (Phi) is 4.52. The summed E-state index contributed by atoms with van der Waals surface area (Å²) in [5.41, 5.74) is 6.16. The largest absolute Gasteiger partial charge is 0.327 e. The van der Waals surface area contributed by atoms with Crippen molar-refractivity contribution in [3.05, 3.63) is 90.3 Å². The number of aromatic nitrogens is 3. The predicted octanol–water partition coefficient (Wildman–Crippen LogP) is 4.86. The molecule has 0 unspecified atom stereocenters. The van der Waals surface area contributed by atoms with Crippen LogP contribution in [-0.4, -0.2) is 20.8 Å². The highest BCUT2D eigenvalue weighted by Crippen LogP contribution is 2.43. The molecule has 1 aromatic heterocycles. The zero-order valence-corrected chi connectivity index (χ0v) is 16.5. The molecule has 148 valence electrons. The fraction of sp³-hybridized carbons (Fsp3) is 0.125. The van der Waals surface area contributed by atoms with Crippen LogP contribution in [0.4, 0.5) is 10.5 Å². The topological polar surface area (TPSA) is 71.8 Å². The molecule has 0 atom stereocenters. The minimum atomic E-state index is -0.249. The Morgan fingerprint density at radius 3 is 2.37 bits per heavy atom. The van der Waals surface area contributed by atoms with Crippen LogP contribution in [0, 0.1) is 0 Å². The van der Waals surface area contributed by atoms with Gasteiger partial charge in [0.2, 0.25) is 0 Å². The van der Waals surface area contributed by atoms with E-state index in [1.807, 2.05) is 60.0 Å². The Balaban J connectivity index is 1.38. The highest BCUT2D eigenvalue weighted by Gasteiger charge is 2.29. The molecule has 0 aliphatic heterocycles. The van der Waals surface area contributed by atoms with Gasteiger partial charge in [0, 0.05) is 17.8 Å². The van der Waals surface area contributed by atoms with Crippen LogP contribution in [0.3, 0.4) is 0 Å². The molecule has 2 amide bonds. The Hall–Kier alpha value is -3.93. The van der Waals surface area contributed by atoms with Crippen molar-refractivity contribution >= 4 is 11.7 Å². The maximum absolute atomic E-state index is 12.9. The van der Waals surface area contributed by atoms with E-state index in [0.29, 0.717) is 5.69 Å². The van der Waals surface area contributed by atoms with Crippen LogP contribution >= 0.6 is 0 Å². The second-order valence-electron chi connectivity index (χ2n) is 7.23. The summed E-state index contributed by atoms with van der Waals surface area (Å²) in [5, 5.41) is 14.3. The van der Waals surface area contributed by atoms with Crippen LogP contribution in [0.5, 0.6) is 0 Å². The van der Waals surface area contributed by atoms with Gasteiger partial charge in [-0.05, 0) is 41.3 Å². The maximum Gasteiger partial charge on any atom is 0.319 e. The molecule has 30 heavy (non-hydrogen) atoms. The average molecular weight is 395 g/mol. The van der Waals surface area contributed by atoms with Gasteiger partial charge in [-0.3, -0.25) is 0 Å². The van der Waals surface area contributed by atoms with Gasteiger partial charge in [-0.2, -0.15) is 0 Å². The van der Waals surface area contributed by atoms with E-state index >= 15 is 0 Å². The number of urea groups is 1. The van der Waals surface area contributed by atoms with Crippen molar-refractivity contribution in [1.82, 2.24) is 20.1 Å². The van der Waals surface area contributed by atoms with Crippen molar-refractivity contribution in [2.24, 2.45) is 0 Å². The molecule has 3 aromatic carbocycles. The van der Waals surface area contributed by atoms with Gasteiger partial charge in [-0.1, -0.05) is 60.7 Å². The molecule has 4 aromatic rings. The number of nitrogens with one attached hydrogen (secondary N) is 2. The van der Waals surface area contributed by atoms with E-state index in [9.17, 15) is 4.79 Å². The van der Waals surface area contributed by atoms with Crippen molar-refractivity contribution < 1.29 is 4.79 Å². The van der Waals surface area contributed by atoms with Crippen LogP contribution in [-0.2, 0) is 6.54 Å². The molecule has 6 heteroatoms. The van der Waals surface area contributed by atoms with Gasteiger partial charge in [-0.25, -0.2) is 4.79 Å². The minimum absolute atomic E-state index is 0.177. The van der Waals surface area contributed by atoms with E-state index in [1.54, 1.807) is 6.33 Å². The van der Waals surface area contributed by atoms with Crippen molar-refractivity contribution in [3.8, 4) is 22.5 Å². The lowest BCUT2D eigenvalue weighted by molar-refractivity contribution is 0.250. The number of amides is 2. The van der Waals surface area contributed by atoms with Gasteiger partial charge in [-0.15, -0.1) is 10.2 Å². The van der Waals surface area contributed by atoms with Gasteiger partial charge in [0.05, 0.1) is 6.04 Å². The average Bonchev–Trinajstić information content (AvgIpc) is 3.38. The summed E-state index contributed by atoms with van der Waals surface area (Å²) in [7, 11) is 0. The highest BCUT2D eigenvalue weighted by molar-refractivity contribution is 5.92. The van der Waals surface area contributed by atoms with E-state index in [4.69, 9.17) is 0 Å². The van der Waals surface area contributed by atoms with Crippen LogP contribution in [0.2, 0.25) is 0 Å². The first-order valence-corrected chi connectivity index (χ1v) is 9.98. The molecular weight excluding hydrogens is 374 g/mol. The van der Waals surface area contributed by atoms with Crippen LogP contribution in [0.15, 0.2) is 79.1 Å². The number of anilines is 1. The third-order valence-corrected chi connectivity index (χ3v) is 5.44. The lowest BCUT2D eigenvalue weighted by atomic mass is 10.1. The van der Waals surface area contributed by atoms with Gasteiger partial charge in [0.15, 0.2) is 5.82 Å².